The number of aromatic nitrogens is 4. The zero-order valence-electron chi connectivity index (χ0n) is 12.7. The number of nitrogens with zero attached hydrogens (tertiary/aromatic N) is 4. The molecule has 0 aliphatic carbocycles. The molecule has 2 aromatic carbocycles. The van der Waals surface area contributed by atoms with Gasteiger partial charge >= 0.3 is 0 Å². The summed E-state index contributed by atoms with van der Waals surface area (Å²) in [5.74, 6) is 0.828. The van der Waals surface area contributed by atoms with Gasteiger partial charge in [-0.1, -0.05) is 61.2 Å². The van der Waals surface area contributed by atoms with Crippen LogP contribution in [0.3, 0.4) is 0 Å². The fraction of sp³-hybridized carbons (Fsp3) is 0.167. The van der Waals surface area contributed by atoms with Gasteiger partial charge in [0.2, 0.25) is 0 Å². The maximum Gasteiger partial charge on any atom is 0.173 e. The molecule has 0 saturated carbocycles. The summed E-state index contributed by atoms with van der Waals surface area (Å²) in [6.07, 6.45) is 0. The highest BCUT2D eigenvalue weighted by Gasteiger charge is 2.27. The zero-order valence-corrected chi connectivity index (χ0v) is 12.7. The summed E-state index contributed by atoms with van der Waals surface area (Å²) in [7, 11) is 0. The highest BCUT2D eigenvalue weighted by molar-refractivity contribution is 5.70. The van der Waals surface area contributed by atoms with Gasteiger partial charge in [-0.25, -0.2) is 4.68 Å². The van der Waals surface area contributed by atoms with Gasteiger partial charge in [0.05, 0.1) is 12.6 Å². The van der Waals surface area contributed by atoms with Crippen LogP contribution in [0.5, 0.6) is 0 Å². The SMILES string of the molecule is C=C1CNC(c2nnnn2Cc2ccccc2)c2ccccc21. The lowest BCUT2D eigenvalue weighted by molar-refractivity contribution is 0.540. The van der Waals surface area contributed by atoms with Crippen molar-refractivity contribution < 1.29 is 0 Å². The highest BCUT2D eigenvalue weighted by atomic mass is 15.5. The number of hydrogen-bond donors (Lipinski definition) is 1. The topological polar surface area (TPSA) is 55.6 Å². The van der Waals surface area contributed by atoms with E-state index in [0.29, 0.717) is 6.54 Å². The number of rotatable bonds is 3. The Morgan fingerprint density at radius 1 is 1.09 bits per heavy atom. The molecule has 1 aliphatic heterocycles. The van der Waals surface area contributed by atoms with Crippen LogP contribution in [0.15, 0.2) is 61.2 Å². The van der Waals surface area contributed by atoms with Crippen molar-refractivity contribution in [1.82, 2.24) is 25.5 Å². The van der Waals surface area contributed by atoms with E-state index in [-0.39, 0.29) is 6.04 Å². The van der Waals surface area contributed by atoms with Gasteiger partial charge < -0.3 is 0 Å². The standard InChI is InChI=1S/C18H17N5/c1-13-11-19-17(16-10-6-5-9-15(13)16)18-20-21-22-23(18)12-14-7-3-2-4-8-14/h2-10,17,19H,1,11-12H2. The number of tetrazole rings is 1. The zero-order chi connectivity index (χ0) is 15.6. The first-order valence-corrected chi connectivity index (χ1v) is 7.63. The van der Waals surface area contributed by atoms with Gasteiger partial charge in [-0.3, -0.25) is 5.32 Å². The first-order chi connectivity index (χ1) is 11.3. The monoisotopic (exact) mass is 303 g/mol. The summed E-state index contributed by atoms with van der Waals surface area (Å²) in [6.45, 7) is 5.53. The van der Waals surface area contributed by atoms with Crippen molar-refractivity contribution in [2.75, 3.05) is 6.54 Å². The normalized spacial score (nSPS) is 17.0. The maximum absolute atomic E-state index is 4.27. The van der Waals surface area contributed by atoms with E-state index in [4.69, 9.17) is 0 Å². The quantitative estimate of drug-likeness (QED) is 0.807. The molecule has 5 heteroatoms. The van der Waals surface area contributed by atoms with Crippen molar-refractivity contribution in [2.45, 2.75) is 12.6 Å². The molecule has 5 nitrogen and oxygen atoms in total. The summed E-state index contributed by atoms with van der Waals surface area (Å²) >= 11 is 0. The van der Waals surface area contributed by atoms with Crippen LogP contribution in [0.25, 0.3) is 5.57 Å². The molecular weight excluding hydrogens is 286 g/mol. The molecule has 0 amide bonds. The Labute approximate surface area is 134 Å². The van der Waals surface area contributed by atoms with Crippen LogP contribution in [0.4, 0.5) is 0 Å². The van der Waals surface area contributed by atoms with Gasteiger partial charge in [-0.05, 0) is 32.7 Å². The molecule has 23 heavy (non-hydrogen) atoms. The molecule has 0 saturated heterocycles. The molecule has 0 radical (unpaired) electrons. The van der Waals surface area contributed by atoms with Crippen LogP contribution in [-0.2, 0) is 6.54 Å². The van der Waals surface area contributed by atoms with Crippen LogP contribution >= 0.6 is 0 Å². The predicted octanol–water partition coefficient (Wildman–Crippen LogP) is 2.43. The lowest BCUT2D eigenvalue weighted by atomic mass is 9.91. The summed E-state index contributed by atoms with van der Waals surface area (Å²) < 4.78 is 1.86. The molecule has 0 fully saturated rings. The largest absolute Gasteiger partial charge is 0.299 e. The van der Waals surface area contributed by atoms with Crippen molar-refractivity contribution in [3.8, 4) is 0 Å². The van der Waals surface area contributed by atoms with Crippen LogP contribution in [-0.4, -0.2) is 26.8 Å². The van der Waals surface area contributed by atoms with Crippen molar-refractivity contribution in [1.29, 1.82) is 0 Å². The second-order valence-electron chi connectivity index (χ2n) is 5.69. The Kier molecular flexibility index (Phi) is 3.48. The van der Waals surface area contributed by atoms with E-state index in [1.165, 1.54) is 16.7 Å². The molecule has 1 atom stereocenters. The predicted molar refractivity (Wildman–Crippen MR) is 88.7 cm³/mol. The first-order valence-electron chi connectivity index (χ1n) is 7.63. The molecule has 2 heterocycles. The van der Waals surface area contributed by atoms with Gasteiger partial charge in [0, 0.05) is 6.54 Å². The fourth-order valence-corrected chi connectivity index (χ4v) is 3.02. The Bertz CT molecular complexity index is 837. The van der Waals surface area contributed by atoms with Gasteiger partial charge in [0.1, 0.15) is 0 Å². The molecule has 4 rings (SSSR count). The van der Waals surface area contributed by atoms with Crippen LogP contribution in [0.1, 0.15) is 28.6 Å². The average molecular weight is 303 g/mol. The van der Waals surface area contributed by atoms with Gasteiger partial charge in [-0.2, -0.15) is 0 Å². The molecule has 1 unspecified atom stereocenters. The van der Waals surface area contributed by atoms with Crippen molar-refractivity contribution >= 4 is 5.57 Å². The molecule has 0 spiro atoms. The van der Waals surface area contributed by atoms with Gasteiger partial charge in [0.25, 0.3) is 0 Å². The van der Waals surface area contributed by atoms with E-state index >= 15 is 0 Å². The van der Waals surface area contributed by atoms with Gasteiger partial charge in [0.15, 0.2) is 5.82 Å². The Hall–Kier alpha value is -2.79. The van der Waals surface area contributed by atoms with Crippen molar-refractivity contribution in [3.63, 3.8) is 0 Å². The van der Waals surface area contributed by atoms with E-state index in [0.717, 1.165) is 17.9 Å². The minimum atomic E-state index is -0.0181. The lowest BCUT2D eigenvalue weighted by Crippen LogP contribution is -2.32. The van der Waals surface area contributed by atoms with E-state index in [1.807, 2.05) is 35.0 Å². The lowest BCUT2D eigenvalue weighted by Gasteiger charge is -2.27. The molecule has 114 valence electrons. The third-order valence-corrected chi connectivity index (χ3v) is 4.17. The number of hydrogen-bond acceptors (Lipinski definition) is 4. The van der Waals surface area contributed by atoms with E-state index in [2.05, 4.69) is 51.7 Å². The number of benzene rings is 2. The van der Waals surface area contributed by atoms with E-state index < -0.39 is 0 Å². The van der Waals surface area contributed by atoms with E-state index in [9.17, 15) is 0 Å². The molecule has 3 aromatic rings. The van der Waals surface area contributed by atoms with Gasteiger partial charge in [-0.15, -0.1) is 5.10 Å². The smallest absolute Gasteiger partial charge is 0.173 e. The van der Waals surface area contributed by atoms with Crippen LogP contribution in [0.2, 0.25) is 0 Å². The summed E-state index contributed by atoms with van der Waals surface area (Å²) in [5, 5.41) is 15.8. The second kappa shape index (κ2) is 5.78. The van der Waals surface area contributed by atoms with Crippen molar-refractivity contribution in [3.05, 3.63) is 83.7 Å². The molecule has 0 bridgehead atoms. The summed E-state index contributed by atoms with van der Waals surface area (Å²) in [5.41, 5.74) is 4.63. The fourth-order valence-electron chi connectivity index (χ4n) is 3.02. The molecule has 1 aromatic heterocycles. The van der Waals surface area contributed by atoms with Crippen LogP contribution in [0, 0.1) is 0 Å². The van der Waals surface area contributed by atoms with Crippen molar-refractivity contribution in [2.24, 2.45) is 0 Å². The summed E-state index contributed by atoms with van der Waals surface area (Å²) in [4.78, 5) is 0. The third kappa shape index (κ3) is 2.55. The van der Waals surface area contributed by atoms with E-state index in [1.54, 1.807) is 0 Å². The summed E-state index contributed by atoms with van der Waals surface area (Å²) in [6, 6.07) is 18.5. The Morgan fingerprint density at radius 2 is 1.87 bits per heavy atom. The minimum Gasteiger partial charge on any atom is -0.299 e. The maximum atomic E-state index is 4.27. The minimum absolute atomic E-state index is 0.0181. The Morgan fingerprint density at radius 3 is 2.74 bits per heavy atom. The Balaban J connectivity index is 1.71. The number of nitrogens with one attached hydrogen (secondary N) is 1. The first kappa shape index (κ1) is 13.8. The molecular formula is C18H17N5. The molecule has 1 aliphatic rings. The highest BCUT2D eigenvalue weighted by Crippen LogP contribution is 2.31. The van der Waals surface area contributed by atoms with Crippen LogP contribution < -0.4 is 5.32 Å². The third-order valence-electron chi connectivity index (χ3n) is 4.17. The molecule has 1 N–H and O–H groups in total. The average Bonchev–Trinajstić information content (AvgIpc) is 3.04. The number of fused-ring (bicyclic) bond motifs is 1. The second-order valence-corrected chi connectivity index (χ2v) is 5.69.